The Kier molecular flexibility index (Phi) is 3.53. The Morgan fingerprint density at radius 1 is 1.29 bits per heavy atom. The molecule has 108 valence electrons. The molecule has 0 aliphatic rings. The van der Waals surface area contributed by atoms with Crippen LogP contribution in [0.15, 0.2) is 36.8 Å². The molecule has 2 heterocycles. The van der Waals surface area contributed by atoms with Gasteiger partial charge in [-0.3, -0.25) is 0 Å². The molecular weight excluding hydrogens is 266 g/mol. The van der Waals surface area contributed by atoms with E-state index in [0.29, 0.717) is 12.4 Å². The fourth-order valence-corrected chi connectivity index (χ4v) is 2.21. The highest BCUT2D eigenvalue weighted by molar-refractivity contribution is 5.87. The molecule has 0 saturated heterocycles. The molecule has 3 rings (SSSR count). The van der Waals surface area contributed by atoms with Crippen LogP contribution in [-0.4, -0.2) is 37.5 Å². The summed E-state index contributed by atoms with van der Waals surface area (Å²) in [5.41, 5.74) is 2.86. The summed E-state index contributed by atoms with van der Waals surface area (Å²) in [5, 5.41) is 17.8. The number of aliphatic hydroxyl groups is 1. The number of fused-ring (bicyclic) bond motifs is 1. The first-order chi connectivity index (χ1) is 10.2. The summed E-state index contributed by atoms with van der Waals surface area (Å²) in [6, 6.07) is 8.02. The zero-order valence-electron chi connectivity index (χ0n) is 12.0. The Hall–Kier alpha value is -2.47. The summed E-state index contributed by atoms with van der Waals surface area (Å²) in [7, 11) is 0. The molecule has 0 aliphatic heterocycles. The zero-order chi connectivity index (χ0) is 14.8. The summed E-state index contributed by atoms with van der Waals surface area (Å²) >= 11 is 0. The number of anilines is 1. The van der Waals surface area contributed by atoms with Crippen molar-refractivity contribution in [3.05, 3.63) is 42.4 Å². The van der Waals surface area contributed by atoms with Gasteiger partial charge in [-0.1, -0.05) is 18.2 Å². The summed E-state index contributed by atoms with van der Waals surface area (Å²) in [5.74, 6) is 0.681. The van der Waals surface area contributed by atoms with Gasteiger partial charge in [0.25, 0.3) is 0 Å². The Bertz CT molecular complexity index is 766. The molecule has 0 spiro atoms. The number of rotatable bonds is 4. The van der Waals surface area contributed by atoms with Crippen LogP contribution in [0.4, 0.5) is 5.82 Å². The lowest BCUT2D eigenvalue weighted by atomic mass is 10.2. The molecule has 21 heavy (non-hydrogen) atoms. The second-order valence-electron chi connectivity index (χ2n) is 5.03. The van der Waals surface area contributed by atoms with Crippen molar-refractivity contribution in [3.63, 3.8) is 0 Å². The maximum atomic E-state index is 9.38. The van der Waals surface area contributed by atoms with Crippen molar-refractivity contribution in [2.75, 3.05) is 11.9 Å². The van der Waals surface area contributed by atoms with Gasteiger partial charge >= 0.3 is 0 Å². The lowest BCUT2D eigenvalue weighted by molar-refractivity contribution is 0.208. The number of aryl methyl sites for hydroxylation is 1. The van der Waals surface area contributed by atoms with E-state index >= 15 is 0 Å². The number of aliphatic hydroxyl groups excluding tert-OH is 1. The van der Waals surface area contributed by atoms with Crippen LogP contribution < -0.4 is 5.32 Å². The standard InChI is InChI=1S/C15H17N5O/c1-10-5-3-4-6-13(10)20-15-12(8-19-20)14(17-9-18-15)16-7-11(2)21/h3-6,8-9,11,21H,7H2,1-2H3,(H,16,17,18)/t11-/m1/s1. The van der Waals surface area contributed by atoms with Crippen LogP contribution in [0.25, 0.3) is 16.7 Å². The largest absolute Gasteiger partial charge is 0.392 e. The third-order valence-corrected chi connectivity index (χ3v) is 3.27. The minimum absolute atomic E-state index is 0.432. The highest BCUT2D eigenvalue weighted by Gasteiger charge is 2.12. The van der Waals surface area contributed by atoms with Gasteiger partial charge in [0, 0.05) is 6.54 Å². The predicted molar refractivity (Wildman–Crippen MR) is 81.6 cm³/mol. The molecule has 0 saturated carbocycles. The topological polar surface area (TPSA) is 75.9 Å². The molecule has 0 unspecified atom stereocenters. The molecule has 0 bridgehead atoms. The fourth-order valence-electron chi connectivity index (χ4n) is 2.21. The quantitative estimate of drug-likeness (QED) is 0.765. The van der Waals surface area contributed by atoms with Crippen molar-refractivity contribution < 1.29 is 5.11 Å². The fraction of sp³-hybridized carbons (Fsp3) is 0.267. The van der Waals surface area contributed by atoms with Crippen molar-refractivity contribution in [1.29, 1.82) is 0 Å². The van der Waals surface area contributed by atoms with E-state index in [4.69, 9.17) is 0 Å². The third-order valence-electron chi connectivity index (χ3n) is 3.27. The van der Waals surface area contributed by atoms with E-state index in [1.54, 1.807) is 17.8 Å². The van der Waals surface area contributed by atoms with E-state index in [2.05, 4.69) is 20.4 Å². The monoisotopic (exact) mass is 283 g/mol. The van der Waals surface area contributed by atoms with Crippen molar-refractivity contribution in [2.24, 2.45) is 0 Å². The minimum atomic E-state index is -0.443. The summed E-state index contributed by atoms with van der Waals surface area (Å²) < 4.78 is 1.81. The average molecular weight is 283 g/mol. The van der Waals surface area contributed by atoms with Gasteiger partial charge in [0.2, 0.25) is 0 Å². The van der Waals surface area contributed by atoms with E-state index in [1.165, 1.54) is 6.33 Å². The molecule has 2 aromatic heterocycles. The van der Waals surface area contributed by atoms with Gasteiger partial charge in [0.1, 0.15) is 12.1 Å². The predicted octanol–water partition coefficient (Wildman–Crippen LogP) is 1.92. The number of benzene rings is 1. The molecule has 0 aliphatic carbocycles. The van der Waals surface area contributed by atoms with Crippen LogP contribution in [-0.2, 0) is 0 Å². The number of nitrogens with one attached hydrogen (secondary N) is 1. The number of aromatic nitrogens is 4. The number of hydrogen-bond acceptors (Lipinski definition) is 5. The Labute approximate surface area is 122 Å². The molecule has 3 aromatic rings. The SMILES string of the molecule is Cc1ccccc1-n1ncc2c(NC[C@@H](C)O)ncnc21. The minimum Gasteiger partial charge on any atom is -0.392 e. The number of nitrogens with zero attached hydrogens (tertiary/aromatic N) is 4. The van der Waals surface area contributed by atoms with Gasteiger partial charge in [-0.05, 0) is 25.5 Å². The first-order valence-electron chi connectivity index (χ1n) is 6.83. The van der Waals surface area contributed by atoms with E-state index in [9.17, 15) is 5.11 Å². The molecule has 0 amide bonds. The van der Waals surface area contributed by atoms with Gasteiger partial charge in [0.15, 0.2) is 5.65 Å². The lowest BCUT2D eigenvalue weighted by Crippen LogP contribution is -2.16. The van der Waals surface area contributed by atoms with Gasteiger partial charge in [0.05, 0.1) is 23.4 Å². The zero-order valence-corrected chi connectivity index (χ0v) is 12.0. The molecular formula is C15H17N5O. The van der Waals surface area contributed by atoms with Crippen molar-refractivity contribution in [1.82, 2.24) is 19.7 Å². The van der Waals surface area contributed by atoms with Crippen molar-refractivity contribution in [2.45, 2.75) is 20.0 Å². The maximum absolute atomic E-state index is 9.38. The number of para-hydroxylation sites is 1. The second kappa shape index (κ2) is 5.49. The normalized spacial score (nSPS) is 12.5. The molecule has 6 heteroatoms. The number of hydrogen-bond donors (Lipinski definition) is 2. The first kappa shape index (κ1) is 13.5. The van der Waals surface area contributed by atoms with Crippen LogP contribution in [0.3, 0.4) is 0 Å². The molecule has 0 radical (unpaired) electrons. The highest BCUT2D eigenvalue weighted by Crippen LogP contribution is 2.22. The summed E-state index contributed by atoms with van der Waals surface area (Å²) in [6.07, 6.45) is 2.80. The smallest absolute Gasteiger partial charge is 0.168 e. The van der Waals surface area contributed by atoms with E-state index in [1.807, 2.05) is 31.2 Å². The van der Waals surface area contributed by atoms with Crippen molar-refractivity contribution in [3.8, 4) is 5.69 Å². The second-order valence-corrected chi connectivity index (χ2v) is 5.03. The third kappa shape index (κ3) is 2.57. The van der Waals surface area contributed by atoms with Gasteiger partial charge in [-0.15, -0.1) is 0 Å². The summed E-state index contributed by atoms with van der Waals surface area (Å²) in [6.45, 7) is 4.19. The van der Waals surface area contributed by atoms with Gasteiger partial charge < -0.3 is 10.4 Å². The molecule has 2 N–H and O–H groups in total. The first-order valence-corrected chi connectivity index (χ1v) is 6.83. The van der Waals surface area contributed by atoms with E-state index < -0.39 is 6.10 Å². The molecule has 1 aromatic carbocycles. The highest BCUT2D eigenvalue weighted by atomic mass is 16.3. The van der Waals surface area contributed by atoms with Crippen LogP contribution in [0.2, 0.25) is 0 Å². The Balaban J connectivity index is 2.07. The van der Waals surface area contributed by atoms with Crippen LogP contribution >= 0.6 is 0 Å². The van der Waals surface area contributed by atoms with E-state index in [0.717, 1.165) is 22.3 Å². The van der Waals surface area contributed by atoms with Crippen LogP contribution in [0.5, 0.6) is 0 Å². The Morgan fingerprint density at radius 3 is 2.86 bits per heavy atom. The molecule has 0 fully saturated rings. The molecule has 1 atom stereocenters. The maximum Gasteiger partial charge on any atom is 0.168 e. The van der Waals surface area contributed by atoms with Gasteiger partial charge in [-0.2, -0.15) is 5.10 Å². The summed E-state index contributed by atoms with van der Waals surface area (Å²) in [4.78, 5) is 8.55. The van der Waals surface area contributed by atoms with Crippen LogP contribution in [0.1, 0.15) is 12.5 Å². The molecule has 6 nitrogen and oxygen atoms in total. The Morgan fingerprint density at radius 2 is 2.10 bits per heavy atom. The van der Waals surface area contributed by atoms with E-state index in [-0.39, 0.29) is 0 Å². The van der Waals surface area contributed by atoms with Crippen LogP contribution in [0, 0.1) is 6.92 Å². The van der Waals surface area contributed by atoms with Crippen molar-refractivity contribution >= 4 is 16.9 Å². The van der Waals surface area contributed by atoms with Gasteiger partial charge in [-0.25, -0.2) is 14.6 Å². The lowest BCUT2D eigenvalue weighted by Gasteiger charge is -2.09. The average Bonchev–Trinajstić information content (AvgIpc) is 2.90.